The third kappa shape index (κ3) is 4.57. The molecular weight excluding hydrogens is 541 g/mol. The van der Waals surface area contributed by atoms with E-state index in [1.54, 1.807) is 35.4 Å². The average molecular weight is 562 g/mol. The number of oxime groups is 1. The molecule has 0 aliphatic carbocycles. The van der Waals surface area contributed by atoms with Gasteiger partial charge >= 0.3 is 0 Å². The molecule has 1 fully saturated rings. The van der Waals surface area contributed by atoms with Gasteiger partial charge in [0, 0.05) is 28.5 Å². The number of carbonyl (C=O) groups is 3. The Kier molecular flexibility index (Phi) is 7.00. The number of aliphatic hydroxyl groups is 1. The van der Waals surface area contributed by atoms with Crippen LogP contribution in [-0.4, -0.2) is 66.9 Å². The molecule has 4 N–H and O–H groups in total. The van der Waals surface area contributed by atoms with Gasteiger partial charge in [0.1, 0.15) is 22.6 Å². The molecule has 5 rings (SSSR count). The lowest BCUT2D eigenvalue weighted by molar-refractivity contribution is -0.688. The number of carboxylic acid groups (broad SMARTS) is 1. The van der Waals surface area contributed by atoms with E-state index in [0.717, 1.165) is 21.8 Å². The maximum atomic E-state index is 13.0. The summed E-state index contributed by atoms with van der Waals surface area (Å²) in [5, 5.41) is 28.5. The molecule has 16 heteroatoms. The van der Waals surface area contributed by atoms with Gasteiger partial charge in [0.2, 0.25) is 0 Å². The molecule has 38 heavy (non-hydrogen) atoms. The lowest BCUT2D eigenvalue weighted by Gasteiger charge is -2.50. The summed E-state index contributed by atoms with van der Waals surface area (Å²) in [6.45, 7) is -1.27. The Balaban J connectivity index is 1.36. The zero-order valence-corrected chi connectivity index (χ0v) is 21.1. The maximum absolute atomic E-state index is 13.0. The second kappa shape index (κ2) is 10.4. The number of alkyl halides is 1. The molecule has 0 unspecified atom stereocenters. The number of thioether (sulfide) groups is 1. The maximum Gasteiger partial charge on any atom is 0.276 e. The highest BCUT2D eigenvalue weighted by Gasteiger charge is 2.53. The highest BCUT2D eigenvalue weighted by atomic mass is 32.2. The summed E-state index contributed by atoms with van der Waals surface area (Å²) in [5.74, 6) is -2.77. The number of anilines is 1. The fourth-order valence-electron chi connectivity index (χ4n) is 4.28. The molecule has 0 saturated carbocycles. The minimum atomic E-state index is -1.51. The molecule has 0 spiro atoms. The number of carbonyl (C=O) groups excluding carboxylic acids is 3. The summed E-state index contributed by atoms with van der Waals surface area (Å²) < 4.78 is 16.1. The number of fused-ring (bicyclic) bond motifs is 2. The molecule has 2 amide bonds. The van der Waals surface area contributed by atoms with E-state index >= 15 is 0 Å². The first-order chi connectivity index (χ1) is 18.3. The number of nitrogens with zero attached hydrogens (tertiary/aromatic N) is 5. The van der Waals surface area contributed by atoms with Crippen molar-refractivity contribution in [1.29, 1.82) is 0 Å². The van der Waals surface area contributed by atoms with Crippen LogP contribution in [0.5, 0.6) is 0 Å². The number of nitrogens with one attached hydrogen (secondary N) is 1. The third-order valence-electron chi connectivity index (χ3n) is 6.01. The number of aliphatic carboxylic acids is 1. The number of halogens is 1. The van der Waals surface area contributed by atoms with Crippen LogP contribution in [0.3, 0.4) is 0 Å². The van der Waals surface area contributed by atoms with E-state index in [9.17, 15) is 29.0 Å². The summed E-state index contributed by atoms with van der Waals surface area (Å²) in [5.41, 5.74) is 6.93. The highest BCUT2D eigenvalue weighted by Crippen LogP contribution is 2.40. The molecule has 5 heterocycles. The smallest absolute Gasteiger partial charge is 0.276 e. The van der Waals surface area contributed by atoms with E-state index in [4.69, 9.17) is 5.73 Å². The van der Waals surface area contributed by atoms with Crippen molar-refractivity contribution >= 4 is 57.2 Å². The number of carboxylic acids is 1. The van der Waals surface area contributed by atoms with Gasteiger partial charge < -0.3 is 35.3 Å². The molecule has 198 valence electrons. The fourth-order valence-corrected chi connectivity index (χ4v) is 6.17. The number of nitrogens with two attached hydrogens (primary N) is 1. The molecule has 0 radical (unpaired) electrons. The van der Waals surface area contributed by atoms with E-state index in [0.29, 0.717) is 11.1 Å². The second-order valence-corrected chi connectivity index (χ2v) is 10.2. The van der Waals surface area contributed by atoms with Crippen LogP contribution in [0.15, 0.2) is 52.7 Å². The van der Waals surface area contributed by atoms with Gasteiger partial charge in [-0.25, -0.2) is 9.37 Å². The molecule has 2 atom stereocenters. The van der Waals surface area contributed by atoms with Crippen LogP contribution >= 0.6 is 23.1 Å². The Morgan fingerprint density at radius 3 is 2.92 bits per heavy atom. The molecule has 3 aromatic rings. The quantitative estimate of drug-likeness (QED) is 0.121. The Morgan fingerprint density at radius 1 is 1.42 bits per heavy atom. The summed E-state index contributed by atoms with van der Waals surface area (Å²) >= 11 is 2.31. The van der Waals surface area contributed by atoms with E-state index in [2.05, 4.69) is 20.3 Å². The Hall–Kier alpha value is -4.02. The molecule has 3 aromatic heterocycles. The number of nitrogen functional groups attached to an aromatic ring is 1. The van der Waals surface area contributed by atoms with E-state index in [1.807, 2.05) is 4.40 Å². The zero-order chi connectivity index (χ0) is 27.0. The van der Waals surface area contributed by atoms with Crippen molar-refractivity contribution in [3.63, 3.8) is 0 Å². The molecule has 13 nitrogen and oxygen atoms in total. The lowest BCUT2D eigenvalue weighted by Crippen LogP contribution is -2.71. The van der Waals surface area contributed by atoms with Crippen LogP contribution in [-0.2, 0) is 32.4 Å². The number of β-lactam (4-membered cyclic amide) rings is 1. The summed E-state index contributed by atoms with van der Waals surface area (Å²) in [6, 6.07) is 0.718. The lowest BCUT2D eigenvalue weighted by atomic mass is 10.0. The van der Waals surface area contributed by atoms with Crippen molar-refractivity contribution in [1.82, 2.24) is 19.6 Å². The highest BCUT2D eigenvalue weighted by molar-refractivity contribution is 8.00. The van der Waals surface area contributed by atoms with Crippen molar-refractivity contribution in [2.75, 3.05) is 18.3 Å². The largest absolute Gasteiger partial charge is 0.543 e. The minimum absolute atomic E-state index is 0.0392. The first kappa shape index (κ1) is 25.6. The van der Waals surface area contributed by atoms with E-state index < -0.39 is 36.1 Å². The number of aromatic nitrogens is 3. The SMILES string of the molecule is Nc1nc(/C(=N/OCF)C(=O)N[C@@H]2C(=O)N3C(C(=O)[O-])=C(C[n+]4ccn5ccc(CO)c5c4)CS[C@@H]23)cs1. The summed E-state index contributed by atoms with van der Waals surface area (Å²) in [7, 11) is 0. The topological polar surface area (TPSA) is 179 Å². The number of hydrogen-bond acceptors (Lipinski definition) is 11. The third-order valence-corrected chi connectivity index (χ3v) is 8.02. The number of rotatable bonds is 9. The standard InChI is InChI=1S/C22H20FN7O6S2/c23-10-36-27-15(13-9-38-22(24)25-13)18(32)26-16-19(33)30-17(21(34)35)12(8-37-20(16)30)5-28-3-4-29-2-1-11(7-31)14(29)6-28/h1-4,6,9,16,20,31H,5,7-8,10H2,(H3-,24,25,26,32,34,35)/b27-15-/t16-,20+/m1/s1. The number of aliphatic hydroxyl groups excluding tert-OH is 1. The number of hydrogen-bond donors (Lipinski definition) is 3. The molecule has 0 bridgehead atoms. The Labute approximate surface area is 222 Å². The molecule has 0 aromatic carbocycles. The Morgan fingerprint density at radius 2 is 2.24 bits per heavy atom. The molecule has 2 aliphatic rings. The molecule has 1 saturated heterocycles. The van der Waals surface area contributed by atoms with Crippen molar-refractivity contribution in [3.05, 3.63) is 58.8 Å². The Bertz CT molecular complexity index is 1500. The van der Waals surface area contributed by atoms with E-state index in [-0.39, 0.29) is 41.1 Å². The number of thiazole rings is 1. The zero-order valence-electron chi connectivity index (χ0n) is 19.4. The fraction of sp³-hybridized carbons (Fsp3) is 0.273. The summed E-state index contributed by atoms with van der Waals surface area (Å²) in [6.07, 6.45) is 7.09. The first-order valence-electron chi connectivity index (χ1n) is 11.1. The normalized spacial score (nSPS) is 19.4. The van der Waals surface area contributed by atoms with Crippen LogP contribution in [0, 0.1) is 0 Å². The van der Waals surface area contributed by atoms with E-state index in [1.165, 1.54) is 17.1 Å². The van der Waals surface area contributed by atoms with Gasteiger partial charge in [-0.05, 0) is 6.07 Å². The van der Waals surface area contributed by atoms with Gasteiger partial charge in [0.15, 0.2) is 29.8 Å². The number of amides is 2. The molecule has 2 aliphatic heterocycles. The summed E-state index contributed by atoms with van der Waals surface area (Å²) in [4.78, 5) is 47.4. The van der Waals surface area contributed by atoms with Crippen molar-refractivity contribution in [2.24, 2.45) is 5.16 Å². The van der Waals surface area contributed by atoms with Gasteiger partial charge in [-0.1, -0.05) is 5.16 Å². The average Bonchev–Trinajstić information content (AvgIpc) is 3.52. The van der Waals surface area contributed by atoms with Gasteiger partial charge in [-0.15, -0.1) is 23.1 Å². The van der Waals surface area contributed by atoms with Crippen molar-refractivity contribution < 1.29 is 38.4 Å². The molecular formula is C22H20FN7O6S2. The van der Waals surface area contributed by atoms with Gasteiger partial charge in [0.05, 0.1) is 24.5 Å². The van der Waals surface area contributed by atoms with Gasteiger partial charge in [-0.2, -0.15) is 4.57 Å². The minimum Gasteiger partial charge on any atom is -0.543 e. The monoisotopic (exact) mass is 561 g/mol. The predicted octanol–water partition coefficient (Wildman–Crippen LogP) is -1.49. The first-order valence-corrected chi connectivity index (χ1v) is 13.0. The predicted molar refractivity (Wildman–Crippen MR) is 131 cm³/mol. The second-order valence-electron chi connectivity index (χ2n) is 8.24. The van der Waals surface area contributed by atoms with Crippen LogP contribution in [0.1, 0.15) is 11.3 Å². The van der Waals surface area contributed by atoms with Crippen LogP contribution in [0.4, 0.5) is 9.52 Å². The van der Waals surface area contributed by atoms with Crippen LogP contribution < -0.4 is 20.7 Å². The van der Waals surface area contributed by atoms with Crippen molar-refractivity contribution in [2.45, 2.75) is 24.6 Å². The van der Waals surface area contributed by atoms with Crippen molar-refractivity contribution in [3.8, 4) is 0 Å². The van der Waals surface area contributed by atoms with Gasteiger partial charge in [-0.3, -0.25) is 14.5 Å². The van der Waals surface area contributed by atoms with Crippen LogP contribution in [0.2, 0.25) is 0 Å². The van der Waals surface area contributed by atoms with Gasteiger partial charge in [0.25, 0.3) is 18.7 Å². The van der Waals surface area contributed by atoms with Crippen LogP contribution in [0.25, 0.3) is 5.52 Å².